The topological polar surface area (TPSA) is 38.3 Å². The Kier molecular flexibility index (Phi) is 7.18. The quantitative estimate of drug-likeness (QED) is 0.708. The molecule has 0 saturated carbocycles. The molecular weight excluding hydrogens is 286 g/mol. The summed E-state index contributed by atoms with van der Waals surface area (Å²) in [6.45, 7) is 0.556. The zero-order valence-electron chi connectivity index (χ0n) is 13.8. The molecule has 0 fully saturated rings. The summed E-state index contributed by atoms with van der Waals surface area (Å²) in [6.07, 6.45) is 4.84. The first kappa shape index (κ1) is 17.1. The van der Waals surface area contributed by atoms with Crippen LogP contribution in [0.3, 0.4) is 0 Å². The van der Waals surface area contributed by atoms with Gasteiger partial charge in [0, 0.05) is 13.0 Å². The molecule has 0 aromatic heterocycles. The Morgan fingerprint density at radius 1 is 0.957 bits per heavy atom. The minimum atomic E-state index is 0.118. The van der Waals surface area contributed by atoms with Gasteiger partial charge in [0.1, 0.15) is 5.75 Å². The Hall–Kier alpha value is -2.29. The minimum absolute atomic E-state index is 0.118. The highest BCUT2D eigenvalue weighted by Gasteiger charge is 2.02. The molecule has 0 heterocycles. The highest BCUT2D eigenvalue weighted by Crippen LogP contribution is 2.12. The molecule has 3 heteroatoms. The van der Waals surface area contributed by atoms with Crippen LogP contribution in [0.15, 0.2) is 54.6 Å². The van der Waals surface area contributed by atoms with Crippen molar-refractivity contribution in [2.75, 3.05) is 7.11 Å². The molecule has 1 N–H and O–H groups in total. The Morgan fingerprint density at radius 3 is 2.52 bits per heavy atom. The smallest absolute Gasteiger partial charge is 0.220 e. The van der Waals surface area contributed by atoms with E-state index in [9.17, 15) is 4.79 Å². The first-order valence-corrected chi connectivity index (χ1v) is 8.21. The minimum Gasteiger partial charge on any atom is -0.497 e. The van der Waals surface area contributed by atoms with Crippen LogP contribution in [0.4, 0.5) is 0 Å². The Balaban J connectivity index is 1.58. The molecule has 0 aliphatic heterocycles. The summed E-state index contributed by atoms with van der Waals surface area (Å²) in [5.74, 6) is 0.935. The van der Waals surface area contributed by atoms with Crippen LogP contribution in [0.25, 0.3) is 0 Å². The Labute approximate surface area is 138 Å². The molecule has 0 aliphatic rings. The molecule has 0 unspecified atom stereocenters. The van der Waals surface area contributed by atoms with Gasteiger partial charge in [0.25, 0.3) is 0 Å². The van der Waals surface area contributed by atoms with Gasteiger partial charge in [-0.1, -0.05) is 48.9 Å². The maximum atomic E-state index is 11.9. The standard InChI is InChI=1S/C20H25NO2/c1-23-19-13-8-12-18(15-19)16-21-20(22)14-7-3-6-11-17-9-4-2-5-10-17/h2,4-5,8-10,12-13,15H,3,6-7,11,14,16H2,1H3,(H,21,22). The zero-order chi connectivity index (χ0) is 16.3. The van der Waals surface area contributed by atoms with E-state index in [2.05, 4.69) is 29.6 Å². The van der Waals surface area contributed by atoms with Gasteiger partial charge in [-0.2, -0.15) is 0 Å². The summed E-state index contributed by atoms with van der Waals surface area (Å²) >= 11 is 0. The monoisotopic (exact) mass is 311 g/mol. The zero-order valence-corrected chi connectivity index (χ0v) is 13.8. The normalized spacial score (nSPS) is 10.3. The molecular formula is C20H25NO2. The van der Waals surface area contributed by atoms with E-state index >= 15 is 0 Å². The average Bonchev–Trinajstić information content (AvgIpc) is 2.61. The Morgan fingerprint density at radius 2 is 1.74 bits per heavy atom. The van der Waals surface area contributed by atoms with Crippen LogP contribution in [-0.2, 0) is 17.8 Å². The van der Waals surface area contributed by atoms with Gasteiger partial charge in [-0.3, -0.25) is 4.79 Å². The van der Waals surface area contributed by atoms with Gasteiger partial charge in [0.2, 0.25) is 5.91 Å². The number of amides is 1. The fraction of sp³-hybridized carbons (Fsp3) is 0.350. The third kappa shape index (κ3) is 6.55. The van der Waals surface area contributed by atoms with Crippen LogP contribution < -0.4 is 10.1 Å². The van der Waals surface area contributed by atoms with E-state index in [1.54, 1.807) is 7.11 Å². The van der Waals surface area contributed by atoms with Gasteiger partial charge in [-0.05, 0) is 42.5 Å². The molecule has 0 radical (unpaired) electrons. The molecule has 0 aliphatic carbocycles. The molecule has 3 nitrogen and oxygen atoms in total. The number of rotatable bonds is 9. The Bertz CT molecular complexity index is 596. The molecule has 0 atom stereocenters. The van der Waals surface area contributed by atoms with Gasteiger partial charge in [0.05, 0.1) is 7.11 Å². The molecule has 23 heavy (non-hydrogen) atoms. The van der Waals surface area contributed by atoms with E-state index in [4.69, 9.17) is 4.74 Å². The number of nitrogens with one attached hydrogen (secondary N) is 1. The summed E-state index contributed by atoms with van der Waals surface area (Å²) in [7, 11) is 1.65. The van der Waals surface area contributed by atoms with Crippen molar-refractivity contribution in [2.45, 2.75) is 38.6 Å². The number of hydrogen-bond donors (Lipinski definition) is 1. The van der Waals surface area contributed by atoms with E-state index in [0.29, 0.717) is 13.0 Å². The number of methoxy groups -OCH3 is 1. The third-order valence-corrected chi connectivity index (χ3v) is 3.84. The summed E-state index contributed by atoms with van der Waals surface area (Å²) in [5.41, 5.74) is 2.43. The SMILES string of the molecule is COc1cccc(CNC(=O)CCCCCc2ccccc2)c1. The number of carbonyl (C=O) groups is 1. The van der Waals surface area contributed by atoms with Crippen molar-refractivity contribution in [3.05, 3.63) is 65.7 Å². The predicted molar refractivity (Wildman–Crippen MR) is 93.5 cm³/mol. The van der Waals surface area contributed by atoms with Crippen LogP contribution in [0, 0.1) is 0 Å². The number of unbranched alkanes of at least 4 members (excludes halogenated alkanes) is 2. The largest absolute Gasteiger partial charge is 0.497 e. The number of aryl methyl sites for hydroxylation is 1. The van der Waals surface area contributed by atoms with E-state index in [1.165, 1.54) is 5.56 Å². The maximum Gasteiger partial charge on any atom is 0.220 e. The van der Waals surface area contributed by atoms with Crippen LogP contribution >= 0.6 is 0 Å². The van der Waals surface area contributed by atoms with Crippen LogP contribution in [-0.4, -0.2) is 13.0 Å². The maximum absolute atomic E-state index is 11.9. The van der Waals surface area contributed by atoms with Gasteiger partial charge in [0.15, 0.2) is 0 Å². The summed E-state index contributed by atoms with van der Waals surface area (Å²) in [4.78, 5) is 11.9. The highest BCUT2D eigenvalue weighted by atomic mass is 16.5. The van der Waals surface area contributed by atoms with Crippen LogP contribution in [0.2, 0.25) is 0 Å². The molecule has 2 aromatic rings. The number of hydrogen-bond acceptors (Lipinski definition) is 2. The van der Waals surface area contributed by atoms with E-state index in [-0.39, 0.29) is 5.91 Å². The van der Waals surface area contributed by atoms with Gasteiger partial charge in [-0.15, -0.1) is 0 Å². The number of ether oxygens (including phenoxy) is 1. The van der Waals surface area contributed by atoms with Gasteiger partial charge < -0.3 is 10.1 Å². The first-order valence-electron chi connectivity index (χ1n) is 8.21. The van der Waals surface area contributed by atoms with Crippen molar-refractivity contribution in [2.24, 2.45) is 0 Å². The average molecular weight is 311 g/mol. The highest BCUT2D eigenvalue weighted by molar-refractivity contribution is 5.75. The van der Waals surface area contributed by atoms with Crippen molar-refractivity contribution in [3.8, 4) is 5.75 Å². The fourth-order valence-electron chi connectivity index (χ4n) is 2.51. The van der Waals surface area contributed by atoms with E-state index in [1.807, 2.05) is 30.3 Å². The molecule has 2 aromatic carbocycles. The molecule has 1 amide bonds. The van der Waals surface area contributed by atoms with Crippen LogP contribution in [0.5, 0.6) is 5.75 Å². The first-order chi connectivity index (χ1) is 11.3. The van der Waals surface area contributed by atoms with Crippen LogP contribution in [0.1, 0.15) is 36.8 Å². The molecule has 122 valence electrons. The summed E-state index contributed by atoms with van der Waals surface area (Å²) < 4.78 is 5.18. The number of benzene rings is 2. The lowest BCUT2D eigenvalue weighted by Crippen LogP contribution is -2.22. The fourth-order valence-corrected chi connectivity index (χ4v) is 2.51. The van der Waals surface area contributed by atoms with E-state index < -0.39 is 0 Å². The van der Waals surface area contributed by atoms with Crippen molar-refractivity contribution in [3.63, 3.8) is 0 Å². The lowest BCUT2D eigenvalue weighted by Gasteiger charge is -2.07. The van der Waals surface area contributed by atoms with Crippen molar-refractivity contribution in [1.29, 1.82) is 0 Å². The lowest BCUT2D eigenvalue weighted by atomic mass is 10.1. The summed E-state index contributed by atoms with van der Waals surface area (Å²) in [5, 5.41) is 2.96. The van der Waals surface area contributed by atoms with E-state index in [0.717, 1.165) is 37.0 Å². The lowest BCUT2D eigenvalue weighted by molar-refractivity contribution is -0.121. The molecule has 0 spiro atoms. The molecule has 0 saturated heterocycles. The van der Waals surface area contributed by atoms with Crippen molar-refractivity contribution >= 4 is 5.91 Å². The van der Waals surface area contributed by atoms with Gasteiger partial charge >= 0.3 is 0 Å². The van der Waals surface area contributed by atoms with Crippen molar-refractivity contribution < 1.29 is 9.53 Å². The number of carbonyl (C=O) groups excluding carboxylic acids is 1. The molecule has 2 rings (SSSR count). The van der Waals surface area contributed by atoms with Gasteiger partial charge in [-0.25, -0.2) is 0 Å². The van der Waals surface area contributed by atoms with Crippen molar-refractivity contribution in [1.82, 2.24) is 5.32 Å². The molecule has 0 bridgehead atoms. The summed E-state index contributed by atoms with van der Waals surface area (Å²) in [6, 6.07) is 18.3. The third-order valence-electron chi connectivity index (χ3n) is 3.84. The second-order valence-electron chi connectivity index (χ2n) is 5.67. The second-order valence-corrected chi connectivity index (χ2v) is 5.67. The predicted octanol–water partition coefficient (Wildman–Crippen LogP) is 4.11. The second kappa shape index (κ2) is 9.67.